The lowest BCUT2D eigenvalue weighted by Crippen LogP contribution is -2.43. The summed E-state index contributed by atoms with van der Waals surface area (Å²) in [6.07, 6.45) is 3.43. The maximum absolute atomic E-state index is 12.2. The van der Waals surface area contributed by atoms with Crippen LogP contribution in [0.4, 0.5) is 11.4 Å². The summed E-state index contributed by atoms with van der Waals surface area (Å²) in [5.74, 6) is -1.42. The Labute approximate surface area is 197 Å². The van der Waals surface area contributed by atoms with Crippen LogP contribution in [0.5, 0.6) is 5.75 Å². The topological polar surface area (TPSA) is 157 Å². The van der Waals surface area contributed by atoms with Crippen LogP contribution in [0.25, 0.3) is 0 Å². The number of hydrazine groups is 1. The fourth-order valence-corrected chi connectivity index (χ4v) is 3.36. The molecule has 0 unspecified atom stereocenters. The quantitative estimate of drug-likeness (QED) is 0.236. The van der Waals surface area contributed by atoms with E-state index < -0.39 is 23.3 Å². The molecule has 0 radical (unpaired) electrons. The van der Waals surface area contributed by atoms with E-state index in [1.807, 2.05) is 11.6 Å². The number of aryl methyl sites for hydroxylation is 1. The van der Waals surface area contributed by atoms with Crippen LogP contribution in [-0.2, 0) is 16.6 Å². The van der Waals surface area contributed by atoms with E-state index >= 15 is 0 Å². The lowest BCUT2D eigenvalue weighted by atomic mass is 10.2. The van der Waals surface area contributed by atoms with E-state index in [1.165, 1.54) is 48.2 Å². The molecule has 34 heavy (non-hydrogen) atoms. The van der Waals surface area contributed by atoms with Gasteiger partial charge >= 0.3 is 5.69 Å². The third kappa shape index (κ3) is 6.80. The highest BCUT2D eigenvalue weighted by Gasteiger charge is 2.15. The first-order valence-electron chi connectivity index (χ1n) is 9.79. The number of nitrogens with one attached hydrogen (secondary N) is 3. The van der Waals surface area contributed by atoms with Crippen LogP contribution < -0.4 is 20.9 Å². The van der Waals surface area contributed by atoms with Crippen molar-refractivity contribution >= 4 is 40.9 Å². The van der Waals surface area contributed by atoms with Crippen molar-refractivity contribution in [1.82, 2.24) is 20.4 Å². The molecule has 0 saturated heterocycles. The molecule has 3 amide bonds. The number of nitro benzene ring substituents is 1. The monoisotopic (exact) mass is 484 g/mol. The molecule has 0 atom stereocenters. The summed E-state index contributed by atoms with van der Waals surface area (Å²) < 4.78 is 6.96. The maximum Gasteiger partial charge on any atom is 0.310 e. The summed E-state index contributed by atoms with van der Waals surface area (Å²) in [6, 6.07) is 11.7. The molecule has 3 aromatic rings. The summed E-state index contributed by atoms with van der Waals surface area (Å²) in [4.78, 5) is 50.7. The number of para-hydroxylation sites is 2. The van der Waals surface area contributed by atoms with Crippen molar-refractivity contribution in [3.05, 3.63) is 76.6 Å². The molecule has 2 aromatic carbocycles. The minimum atomic E-state index is -0.708. The predicted molar refractivity (Wildman–Crippen MR) is 123 cm³/mol. The molecule has 1 aromatic heterocycles. The standard InChI is InChI=1S/C21H20N6O6S/c1-26-11-10-22-21(26)34-13-19(29)23-15-8-6-14(7-9-15)20(30)25-24-18(28)12-33-17-5-3-2-4-16(17)27(31)32/h2-11H,12-13H2,1H3,(H,23,29)(H,24,28)(H,25,30). The first-order valence-corrected chi connectivity index (χ1v) is 10.8. The molecule has 0 aliphatic carbocycles. The van der Waals surface area contributed by atoms with Crippen LogP contribution in [0, 0.1) is 10.1 Å². The highest BCUT2D eigenvalue weighted by molar-refractivity contribution is 7.99. The number of carbonyl (C=O) groups is 3. The molecule has 0 fully saturated rings. The van der Waals surface area contributed by atoms with Gasteiger partial charge in [0, 0.05) is 36.8 Å². The molecule has 176 valence electrons. The van der Waals surface area contributed by atoms with E-state index in [0.29, 0.717) is 5.69 Å². The summed E-state index contributed by atoms with van der Waals surface area (Å²) in [7, 11) is 1.84. The zero-order chi connectivity index (χ0) is 24.5. The van der Waals surface area contributed by atoms with E-state index in [9.17, 15) is 24.5 Å². The molecule has 3 N–H and O–H groups in total. The number of nitro groups is 1. The fourth-order valence-electron chi connectivity index (χ4n) is 2.63. The minimum Gasteiger partial charge on any atom is -0.477 e. The van der Waals surface area contributed by atoms with E-state index in [2.05, 4.69) is 21.2 Å². The first kappa shape index (κ1) is 24.3. The molecular weight excluding hydrogens is 464 g/mol. The Morgan fingerprint density at radius 1 is 1.09 bits per heavy atom. The van der Waals surface area contributed by atoms with Gasteiger partial charge in [-0.15, -0.1) is 0 Å². The number of imidazole rings is 1. The highest BCUT2D eigenvalue weighted by atomic mass is 32.2. The number of nitrogens with zero attached hydrogens (tertiary/aromatic N) is 3. The van der Waals surface area contributed by atoms with Crippen molar-refractivity contribution in [2.75, 3.05) is 17.7 Å². The average Bonchev–Trinajstić information content (AvgIpc) is 3.25. The molecule has 13 heteroatoms. The van der Waals surface area contributed by atoms with Crippen molar-refractivity contribution in [3.63, 3.8) is 0 Å². The second kappa shape index (κ2) is 11.5. The molecule has 12 nitrogen and oxygen atoms in total. The van der Waals surface area contributed by atoms with Gasteiger partial charge in [0.05, 0.1) is 10.7 Å². The first-order chi connectivity index (χ1) is 16.3. The SMILES string of the molecule is Cn1ccnc1SCC(=O)Nc1ccc(C(=O)NNC(=O)COc2ccccc2[N+](=O)[O-])cc1. The third-order valence-electron chi connectivity index (χ3n) is 4.28. The molecule has 0 bridgehead atoms. The molecule has 0 aliphatic heterocycles. The van der Waals surface area contributed by atoms with E-state index in [0.717, 1.165) is 5.16 Å². The number of hydrogen-bond acceptors (Lipinski definition) is 8. The van der Waals surface area contributed by atoms with Crippen LogP contribution >= 0.6 is 11.8 Å². The van der Waals surface area contributed by atoms with Crippen molar-refractivity contribution in [2.45, 2.75) is 5.16 Å². The number of hydrogen-bond donors (Lipinski definition) is 3. The second-order valence-corrected chi connectivity index (χ2v) is 7.69. The van der Waals surface area contributed by atoms with Crippen LogP contribution in [0.2, 0.25) is 0 Å². The van der Waals surface area contributed by atoms with Crippen molar-refractivity contribution < 1.29 is 24.0 Å². The van der Waals surface area contributed by atoms with Crippen molar-refractivity contribution in [1.29, 1.82) is 0 Å². The van der Waals surface area contributed by atoms with Gasteiger partial charge < -0.3 is 14.6 Å². The van der Waals surface area contributed by atoms with E-state index in [4.69, 9.17) is 4.74 Å². The third-order valence-corrected chi connectivity index (χ3v) is 5.33. The van der Waals surface area contributed by atoms with Crippen LogP contribution in [0.15, 0.2) is 66.1 Å². The zero-order valence-corrected chi connectivity index (χ0v) is 18.7. The van der Waals surface area contributed by atoms with Gasteiger partial charge in [-0.2, -0.15) is 0 Å². The second-order valence-electron chi connectivity index (χ2n) is 6.75. The molecule has 0 aliphatic rings. The van der Waals surface area contributed by atoms with Crippen LogP contribution in [0.3, 0.4) is 0 Å². The van der Waals surface area contributed by atoms with Gasteiger partial charge in [-0.05, 0) is 30.3 Å². The lowest BCUT2D eigenvalue weighted by Gasteiger charge is -2.10. The van der Waals surface area contributed by atoms with Crippen LogP contribution in [0.1, 0.15) is 10.4 Å². The van der Waals surface area contributed by atoms with Gasteiger partial charge in [-0.25, -0.2) is 4.98 Å². The maximum atomic E-state index is 12.2. The summed E-state index contributed by atoms with van der Waals surface area (Å²) in [6.45, 7) is -0.535. The molecule has 0 spiro atoms. The molecule has 1 heterocycles. The fraction of sp³-hybridized carbons (Fsp3) is 0.143. The number of ether oxygens (including phenoxy) is 1. The Balaban J connectivity index is 1.42. The number of thioether (sulfide) groups is 1. The van der Waals surface area contributed by atoms with Gasteiger partial charge in [0.1, 0.15) is 0 Å². The molecule has 3 rings (SSSR count). The molecular formula is C21H20N6O6S. The zero-order valence-electron chi connectivity index (χ0n) is 17.9. The number of carbonyl (C=O) groups excluding carboxylic acids is 3. The smallest absolute Gasteiger partial charge is 0.310 e. The Morgan fingerprint density at radius 2 is 1.82 bits per heavy atom. The number of rotatable bonds is 9. The lowest BCUT2D eigenvalue weighted by molar-refractivity contribution is -0.385. The Morgan fingerprint density at radius 3 is 2.50 bits per heavy atom. The van der Waals surface area contributed by atoms with Gasteiger partial charge in [0.15, 0.2) is 17.5 Å². The van der Waals surface area contributed by atoms with Gasteiger partial charge in [0.2, 0.25) is 5.91 Å². The van der Waals surface area contributed by atoms with Crippen molar-refractivity contribution in [2.24, 2.45) is 7.05 Å². The highest BCUT2D eigenvalue weighted by Crippen LogP contribution is 2.25. The summed E-state index contributed by atoms with van der Waals surface area (Å²) >= 11 is 1.29. The minimum absolute atomic E-state index is 0.0649. The Bertz CT molecular complexity index is 1200. The number of anilines is 1. The Hall–Kier alpha value is -4.39. The van der Waals surface area contributed by atoms with Gasteiger partial charge in [-0.3, -0.25) is 35.3 Å². The van der Waals surface area contributed by atoms with Crippen LogP contribution in [-0.4, -0.2) is 44.6 Å². The average molecular weight is 484 g/mol. The van der Waals surface area contributed by atoms with E-state index in [1.54, 1.807) is 24.5 Å². The van der Waals surface area contributed by atoms with Crippen molar-refractivity contribution in [3.8, 4) is 5.75 Å². The largest absolute Gasteiger partial charge is 0.477 e. The van der Waals surface area contributed by atoms with Gasteiger partial charge in [0.25, 0.3) is 11.8 Å². The van der Waals surface area contributed by atoms with E-state index in [-0.39, 0.29) is 28.7 Å². The predicted octanol–water partition coefficient (Wildman–Crippen LogP) is 1.90. The summed E-state index contributed by atoms with van der Waals surface area (Å²) in [5, 5.41) is 14.4. The molecule has 0 saturated carbocycles. The number of aromatic nitrogens is 2. The number of amides is 3. The number of benzene rings is 2. The Kier molecular flexibility index (Phi) is 8.18. The summed E-state index contributed by atoms with van der Waals surface area (Å²) in [5.41, 5.74) is 4.85. The normalized spacial score (nSPS) is 10.3. The van der Waals surface area contributed by atoms with Gasteiger partial charge in [-0.1, -0.05) is 23.9 Å².